The summed E-state index contributed by atoms with van der Waals surface area (Å²) in [5.41, 5.74) is 8.05. The molecule has 0 bridgehead atoms. The van der Waals surface area contributed by atoms with Crippen LogP contribution in [0.4, 0.5) is 0 Å². The van der Waals surface area contributed by atoms with Gasteiger partial charge in [-0.2, -0.15) is 0 Å². The second kappa shape index (κ2) is 7.28. The normalized spacial score (nSPS) is 18.0. The van der Waals surface area contributed by atoms with Crippen LogP contribution in [0.15, 0.2) is 18.2 Å². The predicted octanol–water partition coefficient (Wildman–Crippen LogP) is 2.57. The first kappa shape index (κ1) is 15.6. The lowest BCUT2D eigenvalue weighted by atomic mass is 9.94. The average Bonchev–Trinajstić information content (AvgIpc) is 2.53. The molecule has 1 fully saturated rings. The molecule has 1 aromatic rings. The molecule has 0 saturated carbocycles. The number of aryl methyl sites for hydroxylation is 1. The Labute approximate surface area is 127 Å². The Bertz CT molecular complexity index is 568. The molecular formula is C18H24N2O. The molecule has 3 nitrogen and oxygen atoms in total. The monoisotopic (exact) mass is 284 g/mol. The highest BCUT2D eigenvalue weighted by Crippen LogP contribution is 2.22. The Hall–Kier alpha value is -1.79. The summed E-state index contributed by atoms with van der Waals surface area (Å²) in [6.45, 7) is 6.27. The second-order valence-electron chi connectivity index (χ2n) is 5.70. The maximum absolute atomic E-state index is 12.8. The van der Waals surface area contributed by atoms with Crippen molar-refractivity contribution >= 4 is 5.91 Å². The minimum atomic E-state index is 0.141. The quantitative estimate of drug-likeness (QED) is 0.848. The highest BCUT2D eigenvalue weighted by atomic mass is 16.2. The van der Waals surface area contributed by atoms with Gasteiger partial charge in [0.05, 0.1) is 6.54 Å². The largest absolute Gasteiger partial charge is 0.338 e. The van der Waals surface area contributed by atoms with Crippen LogP contribution in [-0.2, 0) is 0 Å². The Morgan fingerprint density at radius 1 is 1.48 bits per heavy atom. The van der Waals surface area contributed by atoms with Crippen molar-refractivity contribution in [2.24, 2.45) is 11.7 Å². The molecular weight excluding hydrogens is 260 g/mol. The molecule has 1 saturated heterocycles. The van der Waals surface area contributed by atoms with Crippen molar-refractivity contribution < 1.29 is 4.79 Å². The fourth-order valence-electron chi connectivity index (χ4n) is 2.84. The standard InChI is InChI=1S/C18H24N2O/c1-3-15-7-5-11-20(13-15)18(21)17-12-16(6-4-10-19)9-8-14(17)2/h8-9,12,15H,3,5,7,10-11,13,19H2,1-2H3. The first-order valence-electron chi connectivity index (χ1n) is 7.74. The SMILES string of the molecule is CCC1CCCN(C(=O)c2cc(C#CCN)ccc2C)C1. The minimum absolute atomic E-state index is 0.141. The van der Waals surface area contributed by atoms with Crippen LogP contribution in [0, 0.1) is 24.7 Å². The molecule has 0 radical (unpaired) electrons. The molecule has 1 aliphatic rings. The number of benzene rings is 1. The van der Waals surface area contributed by atoms with Crippen LogP contribution in [0.3, 0.4) is 0 Å². The van der Waals surface area contributed by atoms with Crippen LogP contribution >= 0.6 is 0 Å². The Morgan fingerprint density at radius 3 is 3.00 bits per heavy atom. The van der Waals surface area contributed by atoms with Gasteiger partial charge >= 0.3 is 0 Å². The highest BCUT2D eigenvalue weighted by molar-refractivity contribution is 5.96. The van der Waals surface area contributed by atoms with Crippen molar-refractivity contribution in [3.63, 3.8) is 0 Å². The van der Waals surface area contributed by atoms with Gasteiger partial charge in [0.2, 0.25) is 0 Å². The molecule has 0 aliphatic carbocycles. The molecule has 1 heterocycles. The summed E-state index contributed by atoms with van der Waals surface area (Å²) < 4.78 is 0. The number of hydrogen-bond donors (Lipinski definition) is 1. The zero-order chi connectivity index (χ0) is 15.2. The molecule has 0 aromatic heterocycles. The number of piperidine rings is 1. The third kappa shape index (κ3) is 3.86. The number of amides is 1. The van der Waals surface area contributed by atoms with E-state index in [0.29, 0.717) is 12.5 Å². The van der Waals surface area contributed by atoms with Gasteiger partial charge in [-0.1, -0.05) is 31.3 Å². The van der Waals surface area contributed by atoms with Gasteiger partial charge in [0.25, 0.3) is 5.91 Å². The molecule has 1 amide bonds. The molecule has 3 heteroatoms. The Morgan fingerprint density at radius 2 is 2.29 bits per heavy atom. The van der Waals surface area contributed by atoms with Crippen LogP contribution < -0.4 is 5.73 Å². The summed E-state index contributed by atoms with van der Waals surface area (Å²) in [5.74, 6) is 6.63. The molecule has 2 rings (SSSR count). The Kier molecular flexibility index (Phi) is 5.41. The van der Waals surface area contributed by atoms with E-state index in [-0.39, 0.29) is 5.91 Å². The van der Waals surface area contributed by atoms with Crippen molar-refractivity contribution in [2.45, 2.75) is 33.1 Å². The lowest BCUT2D eigenvalue weighted by Crippen LogP contribution is -2.40. The van der Waals surface area contributed by atoms with Crippen molar-refractivity contribution in [1.82, 2.24) is 4.90 Å². The third-order valence-corrected chi connectivity index (χ3v) is 4.19. The summed E-state index contributed by atoms with van der Waals surface area (Å²) in [7, 11) is 0. The van der Waals surface area contributed by atoms with Crippen molar-refractivity contribution in [1.29, 1.82) is 0 Å². The fraction of sp³-hybridized carbons (Fsp3) is 0.500. The topological polar surface area (TPSA) is 46.3 Å². The van der Waals surface area contributed by atoms with Crippen LogP contribution in [0.2, 0.25) is 0 Å². The van der Waals surface area contributed by atoms with Gasteiger partial charge in [-0.15, -0.1) is 0 Å². The van der Waals surface area contributed by atoms with E-state index in [9.17, 15) is 4.79 Å². The van der Waals surface area contributed by atoms with Gasteiger partial charge in [-0.25, -0.2) is 0 Å². The van der Waals surface area contributed by atoms with E-state index < -0.39 is 0 Å². The zero-order valence-electron chi connectivity index (χ0n) is 13.0. The summed E-state index contributed by atoms with van der Waals surface area (Å²) in [4.78, 5) is 14.8. The van der Waals surface area contributed by atoms with Crippen molar-refractivity contribution in [3.05, 3.63) is 34.9 Å². The van der Waals surface area contributed by atoms with Gasteiger partial charge < -0.3 is 10.6 Å². The molecule has 1 unspecified atom stereocenters. The maximum atomic E-state index is 12.8. The van der Waals surface area contributed by atoms with Crippen molar-refractivity contribution in [2.75, 3.05) is 19.6 Å². The molecule has 21 heavy (non-hydrogen) atoms. The lowest BCUT2D eigenvalue weighted by molar-refractivity contribution is 0.0670. The minimum Gasteiger partial charge on any atom is -0.338 e. The van der Waals surface area contributed by atoms with Gasteiger partial charge in [-0.05, 0) is 43.4 Å². The number of hydrogen-bond acceptors (Lipinski definition) is 2. The predicted molar refractivity (Wildman–Crippen MR) is 86.0 cm³/mol. The second-order valence-corrected chi connectivity index (χ2v) is 5.70. The molecule has 2 N–H and O–H groups in total. The fourth-order valence-corrected chi connectivity index (χ4v) is 2.84. The van der Waals surface area contributed by atoms with Gasteiger partial charge in [0.1, 0.15) is 0 Å². The number of nitrogens with zero attached hydrogens (tertiary/aromatic N) is 1. The van der Waals surface area contributed by atoms with Gasteiger partial charge in [-0.3, -0.25) is 4.79 Å². The zero-order valence-corrected chi connectivity index (χ0v) is 13.0. The summed E-state index contributed by atoms with van der Waals surface area (Å²) in [6.07, 6.45) is 3.49. The number of nitrogens with two attached hydrogens (primary N) is 1. The van der Waals surface area contributed by atoms with E-state index >= 15 is 0 Å². The van der Waals surface area contributed by atoms with Crippen LogP contribution in [0.1, 0.15) is 47.7 Å². The summed E-state index contributed by atoms with van der Waals surface area (Å²) in [6, 6.07) is 5.81. The number of rotatable bonds is 2. The van der Waals surface area contributed by atoms with Crippen molar-refractivity contribution in [3.8, 4) is 11.8 Å². The third-order valence-electron chi connectivity index (χ3n) is 4.19. The average molecular weight is 284 g/mol. The molecule has 1 aromatic carbocycles. The van der Waals surface area contributed by atoms with Gasteiger partial charge in [0.15, 0.2) is 0 Å². The van der Waals surface area contributed by atoms with Crippen LogP contribution in [-0.4, -0.2) is 30.4 Å². The maximum Gasteiger partial charge on any atom is 0.254 e. The smallest absolute Gasteiger partial charge is 0.254 e. The highest BCUT2D eigenvalue weighted by Gasteiger charge is 2.24. The van der Waals surface area contributed by atoms with Crippen LogP contribution in [0.5, 0.6) is 0 Å². The summed E-state index contributed by atoms with van der Waals surface area (Å²) in [5, 5.41) is 0. The molecule has 1 aliphatic heterocycles. The van der Waals surface area contributed by atoms with E-state index in [1.54, 1.807) is 0 Å². The number of carbonyl (C=O) groups is 1. The molecule has 0 spiro atoms. The lowest BCUT2D eigenvalue weighted by Gasteiger charge is -2.32. The Balaban J connectivity index is 2.21. The first-order valence-corrected chi connectivity index (χ1v) is 7.74. The van der Waals surface area contributed by atoms with Gasteiger partial charge in [0, 0.05) is 24.2 Å². The number of likely N-dealkylation sites (tertiary alicyclic amines) is 1. The summed E-state index contributed by atoms with van der Waals surface area (Å²) >= 11 is 0. The van der Waals surface area contributed by atoms with E-state index in [0.717, 1.165) is 42.6 Å². The first-order chi connectivity index (χ1) is 10.2. The van der Waals surface area contributed by atoms with E-state index in [2.05, 4.69) is 18.8 Å². The molecule has 1 atom stereocenters. The van der Waals surface area contributed by atoms with E-state index in [1.165, 1.54) is 6.42 Å². The van der Waals surface area contributed by atoms with E-state index in [4.69, 9.17) is 5.73 Å². The molecule has 112 valence electrons. The van der Waals surface area contributed by atoms with Crippen LogP contribution in [0.25, 0.3) is 0 Å². The number of carbonyl (C=O) groups excluding carboxylic acids is 1. The van der Waals surface area contributed by atoms with E-state index in [1.807, 2.05) is 30.0 Å².